The molecule has 1 saturated heterocycles. The van der Waals surface area contributed by atoms with Crippen molar-refractivity contribution < 1.29 is 18.7 Å². The smallest absolute Gasteiger partial charge is 0.411 e. The van der Waals surface area contributed by atoms with Gasteiger partial charge >= 0.3 is 6.09 Å². The van der Waals surface area contributed by atoms with Crippen LogP contribution in [0.2, 0.25) is 0 Å². The summed E-state index contributed by atoms with van der Waals surface area (Å²) < 4.78 is 10.6. The number of hydrogen-bond acceptors (Lipinski definition) is 5. The van der Waals surface area contributed by atoms with E-state index in [9.17, 15) is 9.59 Å². The topological polar surface area (TPSA) is 71.8 Å². The van der Waals surface area contributed by atoms with Gasteiger partial charge in [0, 0.05) is 18.7 Å². The molecule has 0 aromatic carbocycles. The zero-order chi connectivity index (χ0) is 16.2. The molecular formula is C15H22N2O4S. The van der Waals surface area contributed by atoms with Gasteiger partial charge in [-0.05, 0) is 32.9 Å². The molecule has 1 atom stereocenters. The Labute approximate surface area is 134 Å². The summed E-state index contributed by atoms with van der Waals surface area (Å²) in [5.41, 5.74) is -0.565. The van der Waals surface area contributed by atoms with E-state index in [1.54, 1.807) is 18.0 Å². The molecule has 6 nitrogen and oxygen atoms in total. The first-order valence-electron chi connectivity index (χ1n) is 7.24. The van der Waals surface area contributed by atoms with Crippen LogP contribution < -0.4 is 5.32 Å². The standard InChI is InChI=1S/C15H22N2O4S/c1-15(2,3)21-14(19)17-10-22-9-12(17)13(18)16-7-6-11-5-4-8-20-11/h4-5,8,12H,6-7,9-10H2,1-3H3,(H,16,18)/t12-/m1/s1. The number of rotatable bonds is 4. The molecule has 1 aliphatic rings. The van der Waals surface area contributed by atoms with Crippen LogP contribution in [-0.4, -0.2) is 46.7 Å². The van der Waals surface area contributed by atoms with Gasteiger partial charge < -0.3 is 14.5 Å². The van der Waals surface area contributed by atoms with Crippen LogP contribution in [0.5, 0.6) is 0 Å². The zero-order valence-corrected chi connectivity index (χ0v) is 13.9. The van der Waals surface area contributed by atoms with Crippen LogP contribution in [-0.2, 0) is 16.0 Å². The highest BCUT2D eigenvalue weighted by Crippen LogP contribution is 2.23. The number of ether oxygens (including phenoxy) is 1. The Bertz CT molecular complexity index is 510. The van der Waals surface area contributed by atoms with E-state index in [1.165, 1.54) is 4.90 Å². The van der Waals surface area contributed by atoms with Crippen molar-refractivity contribution in [3.8, 4) is 0 Å². The molecule has 0 unspecified atom stereocenters. The first-order valence-corrected chi connectivity index (χ1v) is 8.40. The van der Waals surface area contributed by atoms with E-state index in [0.29, 0.717) is 24.6 Å². The minimum Gasteiger partial charge on any atom is -0.469 e. The number of thioether (sulfide) groups is 1. The van der Waals surface area contributed by atoms with Crippen LogP contribution in [0.3, 0.4) is 0 Å². The highest BCUT2D eigenvalue weighted by atomic mass is 32.2. The van der Waals surface area contributed by atoms with Crippen molar-refractivity contribution in [2.45, 2.75) is 38.8 Å². The Morgan fingerprint density at radius 3 is 2.91 bits per heavy atom. The molecule has 2 amide bonds. The third-order valence-corrected chi connectivity index (χ3v) is 4.08. The second kappa shape index (κ2) is 7.09. The molecule has 2 rings (SSSR count). The van der Waals surface area contributed by atoms with Crippen LogP contribution in [0.4, 0.5) is 4.79 Å². The third-order valence-electron chi connectivity index (χ3n) is 3.06. The molecule has 1 fully saturated rings. The lowest BCUT2D eigenvalue weighted by Gasteiger charge is -2.27. The quantitative estimate of drug-likeness (QED) is 0.919. The van der Waals surface area contributed by atoms with Crippen LogP contribution >= 0.6 is 11.8 Å². The Kier molecular flexibility index (Phi) is 5.39. The molecule has 0 saturated carbocycles. The molecule has 1 aromatic rings. The number of carbonyl (C=O) groups is 2. The highest BCUT2D eigenvalue weighted by molar-refractivity contribution is 7.99. The van der Waals surface area contributed by atoms with E-state index >= 15 is 0 Å². The SMILES string of the molecule is CC(C)(C)OC(=O)N1CSC[C@@H]1C(=O)NCCc1ccco1. The van der Waals surface area contributed by atoms with Gasteiger partial charge in [-0.1, -0.05) is 0 Å². The summed E-state index contributed by atoms with van der Waals surface area (Å²) >= 11 is 1.55. The van der Waals surface area contributed by atoms with Gasteiger partial charge in [-0.25, -0.2) is 4.79 Å². The van der Waals surface area contributed by atoms with Gasteiger partial charge in [-0.3, -0.25) is 9.69 Å². The molecule has 0 aliphatic carbocycles. The fourth-order valence-electron chi connectivity index (χ4n) is 2.04. The maximum absolute atomic E-state index is 12.2. The van der Waals surface area contributed by atoms with E-state index in [4.69, 9.17) is 9.15 Å². The largest absolute Gasteiger partial charge is 0.469 e. The van der Waals surface area contributed by atoms with Gasteiger partial charge in [0.2, 0.25) is 5.91 Å². The summed E-state index contributed by atoms with van der Waals surface area (Å²) in [6.45, 7) is 5.92. The van der Waals surface area contributed by atoms with Gasteiger partial charge in [0.1, 0.15) is 17.4 Å². The van der Waals surface area contributed by atoms with Crippen molar-refractivity contribution in [2.75, 3.05) is 18.2 Å². The Hall–Kier alpha value is -1.63. The number of hydrogen-bond donors (Lipinski definition) is 1. The lowest BCUT2D eigenvalue weighted by molar-refractivity contribution is -0.125. The number of nitrogens with zero attached hydrogens (tertiary/aromatic N) is 1. The Morgan fingerprint density at radius 2 is 2.27 bits per heavy atom. The number of nitrogens with one attached hydrogen (secondary N) is 1. The summed E-state index contributed by atoms with van der Waals surface area (Å²) in [6.07, 6.45) is 1.80. The second-order valence-corrected chi connectivity index (χ2v) is 7.09. The normalized spacial score (nSPS) is 18.3. The predicted octanol–water partition coefficient (Wildman–Crippen LogP) is 2.25. The summed E-state index contributed by atoms with van der Waals surface area (Å²) in [5, 5.41) is 2.85. The Morgan fingerprint density at radius 1 is 1.50 bits per heavy atom. The van der Waals surface area contributed by atoms with Gasteiger partial charge in [-0.15, -0.1) is 11.8 Å². The predicted molar refractivity (Wildman–Crippen MR) is 84.6 cm³/mol. The van der Waals surface area contributed by atoms with Gasteiger partial charge in [0.25, 0.3) is 0 Å². The average molecular weight is 326 g/mol. The number of amides is 2. The molecule has 1 aromatic heterocycles. The van der Waals surface area contributed by atoms with Gasteiger partial charge in [0.15, 0.2) is 0 Å². The van der Waals surface area contributed by atoms with Crippen LogP contribution in [0, 0.1) is 0 Å². The van der Waals surface area contributed by atoms with Crippen molar-refractivity contribution in [1.29, 1.82) is 0 Å². The van der Waals surface area contributed by atoms with Crippen LogP contribution in [0.15, 0.2) is 22.8 Å². The maximum Gasteiger partial charge on any atom is 0.411 e. The third kappa shape index (κ3) is 4.69. The lowest BCUT2D eigenvalue weighted by atomic mass is 10.2. The lowest BCUT2D eigenvalue weighted by Crippen LogP contribution is -2.49. The molecule has 7 heteroatoms. The Balaban J connectivity index is 1.84. The summed E-state index contributed by atoms with van der Waals surface area (Å²) in [6, 6.07) is 3.20. The molecule has 0 radical (unpaired) electrons. The maximum atomic E-state index is 12.2. The minimum atomic E-state index is -0.565. The number of carbonyl (C=O) groups excluding carboxylic acids is 2. The zero-order valence-electron chi connectivity index (χ0n) is 13.1. The van der Waals surface area contributed by atoms with E-state index in [-0.39, 0.29) is 5.91 Å². The van der Waals surface area contributed by atoms with Crippen molar-refractivity contribution in [3.05, 3.63) is 24.2 Å². The second-order valence-electron chi connectivity index (χ2n) is 6.09. The van der Waals surface area contributed by atoms with E-state index in [0.717, 1.165) is 5.76 Å². The van der Waals surface area contributed by atoms with E-state index < -0.39 is 17.7 Å². The average Bonchev–Trinajstić information content (AvgIpc) is 3.07. The fourth-order valence-corrected chi connectivity index (χ4v) is 3.18. The summed E-state index contributed by atoms with van der Waals surface area (Å²) in [5.74, 6) is 1.74. The van der Waals surface area contributed by atoms with Gasteiger partial charge in [0.05, 0.1) is 12.1 Å². The molecule has 1 N–H and O–H groups in total. The number of furan rings is 1. The summed E-state index contributed by atoms with van der Waals surface area (Å²) in [7, 11) is 0. The van der Waals surface area contributed by atoms with Crippen molar-refractivity contribution in [3.63, 3.8) is 0 Å². The summed E-state index contributed by atoms with van der Waals surface area (Å²) in [4.78, 5) is 25.9. The molecule has 122 valence electrons. The molecular weight excluding hydrogens is 304 g/mol. The van der Waals surface area contributed by atoms with E-state index in [2.05, 4.69) is 5.32 Å². The monoisotopic (exact) mass is 326 g/mol. The fraction of sp³-hybridized carbons (Fsp3) is 0.600. The molecule has 0 bridgehead atoms. The molecule has 2 heterocycles. The first-order chi connectivity index (χ1) is 10.4. The first kappa shape index (κ1) is 16.7. The van der Waals surface area contributed by atoms with Crippen molar-refractivity contribution >= 4 is 23.8 Å². The van der Waals surface area contributed by atoms with Gasteiger partial charge in [-0.2, -0.15) is 0 Å². The van der Waals surface area contributed by atoms with Crippen molar-refractivity contribution in [1.82, 2.24) is 10.2 Å². The molecule has 1 aliphatic heterocycles. The van der Waals surface area contributed by atoms with Crippen LogP contribution in [0.25, 0.3) is 0 Å². The minimum absolute atomic E-state index is 0.151. The van der Waals surface area contributed by atoms with Crippen molar-refractivity contribution in [2.24, 2.45) is 0 Å². The highest BCUT2D eigenvalue weighted by Gasteiger charge is 2.36. The molecule has 0 spiro atoms. The van der Waals surface area contributed by atoms with E-state index in [1.807, 2.05) is 32.9 Å². The molecule has 22 heavy (non-hydrogen) atoms. The van der Waals surface area contributed by atoms with Crippen LogP contribution in [0.1, 0.15) is 26.5 Å².